The maximum atomic E-state index is 11.8. The first-order chi connectivity index (χ1) is 8.79. The van der Waals surface area contributed by atoms with Gasteiger partial charge < -0.3 is 9.72 Å². The Hall–Kier alpha value is -2.10. The van der Waals surface area contributed by atoms with E-state index in [2.05, 4.69) is 16.0 Å². The molecule has 0 aliphatic carbocycles. The van der Waals surface area contributed by atoms with E-state index in [1.165, 1.54) is 11.9 Å². The topological polar surface area (TPSA) is 55.0 Å². The SMILES string of the molecule is CCc1c(-c2ccc3c(c2)CCO3)nc[nH]c1=O. The van der Waals surface area contributed by atoms with Gasteiger partial charge in [0.25, 0.3) is 5.56 Å². The molecule has 1 aromatic heterocycles. The molecular formula is C14H14N2O2. The van der Waals surface area contributed by atoms with Gasteiger partial charge in [-0.25, -0.2) is 4.98 Å². The van der Waals surface area contributed by atoms with Crippen molar-refractivity contribution in [3.63, 3.8) is 0 Å². The third kappa shape index (κ3) is 1.70. The summed E-state index contributed by atoms with van der Waals surface area (Å²) >= 11 is 0. The highest BCUT2D eigenvalue weighted by molar-refractivity contribution is 5.65. The zero-order valence-electron chi connectivity index (χ0n) is 10.2. The average Bonchev–Trinajstić information content (AvgIpc) is 2.85. The molecule has 18 heavy (non-hydrogen) atoms. The van der Waals surface area contributed by atoms with Gasteiger partial charge in [0, 0.05) is 17.5 Å². The number of nitrogens with zero attached hydrogens (tertiary/aromatic N) is 1. The first kappa shape index (κ1) is 11.0. The number of fused-ring (bicyclic) bond motifs is 1. The number of benzene rings is 1. The maximum absolute atomic E-state index is 11.8. The lowest BCUT2D eigenvalue weighted by molar-refractivity contribution is 0.357. The first-order valence-electron chi connectivity index (χ1n) is 6.12. The molecule has 0 fully saturated rings. The van der Waals surface area contributed by atoms with Crippen LogP contribution in [-0.2, 0) is 12.8 Å². The lowest BCUT2D eigenvalue weighted by atomic mass is 10.0. The van der Waals surface area contributed by atoms with Gasteiger partial charge in [0.2, 0.25) is 0 Å². The van der Waals surface area contributed by atoms with E-state index in [4.69, 9.17) is 4.74 Å². The zero-order valence-corrected chi connectivity index (χ0v) is 10.2. The molecule has 0 saturated carbocycles. The second-order valence-electron chi connectivity index (χ2n) is 4.33. The molecule has 0 saturated heterocycles. The van der Waals surface area contributed by atoms with Crippen molar-refractivity contribution in [2.24, 2.45) is 0 Å². The van der Waals surface area contributed by atoms with Gasteiger partial charge in [-0.2, -0.15) is 0 Å². The van der Waals surface area contributed by atoms with Crippen LogP contribution in [0.5, 0.6) is 5.75 Å². The van der Waals surface area contributed by atoms with Crippen LogP contribution in [0.4, 0.5) is 0 Å². The molecule has 2 heterocycles. The second kappa shape index (κ2) is 4.29. The summed E-state index contributed by atoms with van der Waals surface area (Å²) in [5.41, 5.74) is 3.63. The molecule has 3 rings (SSSR count). The Labute approximate surface area is 105 Å². The van der Waals surface area contributed by atoms with Crippen LogP contribution in [0.25, 0.3) is 11.3 Å². The monoisotopic (exact) mass is 242 g/mol. The Balaban J connectivity index is 2.16. The number of rotatable bonds is 2. The van der Waals surface area contributed by atoms with E-state index >= 15 is 0 Å². The fourth-order valence-electron chi connectivity index (χ4n) is 2.34. The van der Waals surface area contributed by atoms with Crippen LogP contribution in [0.2, 0.25) is 0 Å². The van der Waals surface area contributed by atoms with E-state index in [1.54, 1.807) is 0 Å². The summed E-state index contributed by atoms with van der Waals surface area (Å²) in [7, 11) is 0. The third-order valence-corrected chi connectivity index (χ3v) is 3.27. The number of aromatic amines is 1. The van der Waals surface area contributed by atoms with Crippen LogP contribution < -0.4 is 10.3 Å². The van der Waals surface area contributed by atoms with Crippen molar-refractivity contribution < 1.29 is 4.74 Å². The summed E-state index contributed by atoms with van der Waals surface area (Å²) in [5, 5.41) is 0. The molecule has 1 N–H and O–H groups in total. The maximum Gasteiger partial charge on any atom is 0.254 e. The third-order valence-electron chi connectivity index (χ3n) is 3.27. The second-order valence-corrected chi connectivity index (χ2v) is 4.33. The Morgan fingerprint density at radius 1 is 1.44 bits per heavy atom. The van der Waals surface area contributed by atoms with Gasteiger partial charge in [0.15, 0.2) is 0 Å². The zero-order chi connectivity index (χ0) is 12.5. The molecule has 0 unspecified atom stereocenters. The van der Waals surface area contributed by atoms with Crippen molar-refractivity contribution in [1.82, 2.24) is 9.97 Å². The molecule has 0 radical (unpaired) electrons. The van der Waals surface area contributed by atoms with E-state index in [-0.39, 0.29) is 5.56 Å². The van der Waals surface area contributed by atoms with Crippen molar-refractivity contribution in [3.05, 3.63) is 46.0 Å². The van der Waals surface area contributed by atoms with Crippen molar-refractivity contribution in [1.29, 1.82) is 0 Å². The number of H-pyrrole nitrogens is 1. The lowest BCUT2D eigenvalue weighted by Gasteiger charge is -2.07. The Morgan fingerprint density at radius 2 is 2.33 bits per heavy atom. The van der Waals surface area contributed by atoms with Crippen LogP contribution in [0, 0.1) is 0 Å². The minimum atomic E-state index is -0.0563. The van der Waals surface area contributed by atoms with Gasteiger partial charge in [0.05, 0.1) is 18.6 Å². The quantitative estimate of drug-likeness (QED) is 0.875. The first-order valence-corrected chi connectivity index (χ1v) is 6.12. The highest BCUT2D eigenvalue weighted by Gasteiger charge is 2.15. The molecule has 1 aliphatic heterocycles. The summed E-state index contributed by atoms with van der Waals surface area (Å²) in [6, 6.07) is 5.99. The lowest BCUT2D eigenvalue weighted by Crippen LogP contribution is -2.14. The number of aromatic nitrogens is 2. The van der Waals surface area contributed by atoms with Crippen LogP contribution in [-0.4, -0.2) is 16.6 Å². The highest BCUT2D eigenvalue weighted by Crippen LogP contribution is 2.30. The average molecular weight is 242 g/mol. The Bertz CT molecular complexity index is 646. The molecule has 0 spiro atoms. The van der Waals surface area contributed by atoms with Crippen LogP contribution in [0.15, 0.2) is 29.3 Å². The fourth-order valence-corrected chi connectivity index (χ4v) is 2.34. The summed E-state index contributed by atoms with van der Waals surface area (Å²) in [5.74, 6) is 0.946. The molecule has 1 aliphatic rings. The van der Waals surface area contributed by atoms with Crippen molar-refractivity contribution >= 4 is 0 Å². The van der Waals surface area contributed by atoms with Gasteiger partial charge in [-0.3, -0.25) is 4.79 Å². The Morgan fingerprint density at radius 3 is 3.17 bits per heavy atom. The predicted octanol–water partition coefficient (Wildman–Crippen LogP) is 1.93. The van der Waals surface area contributed by atoms with Crippen molar-refractivity contribution in [2.75, 3.05) is 6.61 Å². The Kier molecular flexibility index (Phi) is 2.63. The molecule has 4 nitrogen and oxygen atoms in total. The summed E-state index contributed by atoms with van der Waals surface area (Å²) in [6.45, 7) is 2.70. The van der Waals surface area contributed by atoms with Gasteiger partial charge >= 0.3 is 0 Å². The van der Waals surface area contributed by atoms with E-state index in [1.807, 2.05) is 19.1 Å². The van der Waals surface area contributed by atoms with Crippen molar-refractivity contribution in [3.8, 4) is 17.0 Å². The molecule has 92 valence electrons. The minimum absolute atomic E-state index is 0.0563. The minimum Gasteiger partial charge on any atom is -0.493 e. The highest BCUT2D eigenvalue weighted by atomic mass is 16.5. The van der Waals surface area contributed by atoms with E-state index < -0.39 is 0 Å². The molecule has 0 atom stereocenters. The number of hydrogen-bond acceptors (Lipinski definition) is 3. The van der Waals surface area contributed by atoms with Crippen molar-refractivity contribution in [2.45, 2.75) is 19.8 Å². The van der Waals surface area contributed by atoms with E-state index in [9.17, 15) is 4.79 Å². The van der Waals surface area contributed by atoms with Crippen LogP contribution in [0.3, 0.4) is 0 Å². The molecular weight excluding hydrogens is 228 g/mol. The van der Waals surface area contributed by atoms with E-state index in [0.717, 1.165) is 35.6 Å². The molecule has 1 aromatic carbocycles. The smallest absolute Gasteiger partial charge is 0.254 e. The molecule has 0 bridgehead atoms. The van der Waals surface area contributed by atoms with Gasteiger partial charge in [-0.15, -0.1) is 0 Å². The standard InChI is InChI=1S/C14H14N2O2/c1-2-11-13(15-8-16-14(11)17)10-3-4-12-9(7-10)5-6-18-12/h3-4,7-8H,2,5-6H2,1H3,(H,15,16,17). The van der Waals surface area contributed by atoms with Gasteiger partial charge in [0.1, 0.15) is 5.75 Å². The van der Waals surface area contributed by atoms with Gasteiger partial charge in [-0.05, 0) is 30.2 Å². The number of ether oxygens (including phenoxy) is 1. The van der Waals surface area contributed by atoms with Gasteiger partial charge in [-0.1, -0.05) is 6.92 Å². The van der Waals surface area contributed by atoms with Crippen LogP contribution >= 0.6 is 0 Å². The molecule has 4 heteroatoms. The summed E-state index contributed by atoms with van der Waals surface area (Å²) < 4.78 is 5.48. The summed E-state index contributed by atoms with van der Waals surface area (Å²) in [4.78, 5) is 18.7. The molecule has 0 amide bonds. The van der Waals surface area contributed by atoms with E-state index in [0.29, 0.717) is 6.42 Å². The normalized spacial score (nSPS) is 13.2. The number of hydrogen-bond donors (Lipinski definition) is 1. The molecule has 2 aromatic rings. The largest absolute Gasteiger partial charge is 0.493 e. The predicted molar refractivity (Wildman–Crippen MR) is 68.9 cm³/mol. The number of nitrogens with one attached hydrogen (secondary N) is 1. The summed E-state index contributed by atoms with van der Waals surface area (Å²) in [6.07, 6.45) is 3.06. The van der Waals surface area contributed by atoms with Crippen LogP contribution in [0.1, 0.15) is 18.1 Å². The fraction of sp³-hybridized carbons (Fsp3) is 0.286.